The van der Waals surface area contributed by atoms with Gasteiger partial charge in [-0.1, -0.05) is 49.7 Å². The molecule has 0 fully saturated rings. The number of hydrogen-bond donors (Lipinski definition) is 1. The summed E-state index contributed by atoms with van der Waals surface area (Å²) in [5.41, 5.74) is 2.47. The SMILES string of the molecule is CC1(C)CC(=O)C2=C(C1)Nc1nc(-c3cccs3)nn1C2c1ccccc1Cl. The molecule has 5 rings (SSSR count). The smallest absolute Gasteiger partial charge is 0.226 e. The number of hydrogen-bond acceptors (Lipinski definition) is 5. The first-order chi connectivity index (χ1) is 13.4. The molecular formula is C21H19ClN4OS. The summed E-state index contributed by atoms with van der Waals surface area (Å²) in [7, 11) is 0. The summed E-state index contributed by atoms with van der Waals surface area (Å²) in [5.74, 6) is 1.45. The van der Waals surface area contributed by atoms with E-state index in [1.807, 2.05) is 46.5 Å². The van der Waals surface area contributed by atoms with Crippen molar-refractivity contribution in [1.82, 2.24) is 14.8 Å². The molecule has 2 aromatic heterocycles. The Bertz CT molecular complexity index is 1110. The average Bonchev–Trinajstić information content (AvgIpc) is 3.28. The summed E-state index contributed by atoms with van der Waals surface area (Å²) in [6.07, 6.45) is 1.30. The lowest BCUT2D eigenvalue weighted by atomic mass is 9.73. The van der Waals surface area contributed by atoms with E-state index in [1.54, 1.807) is 11.3 Å². The number of carbonyl (C=O) groups excluding carboxylic acids is 1. The van der Waals surface area contributed by atoms with Gasteiger partial charge in [-0.3, -0.25) is 4.79 Å². The Morgan fingerprint density at radius 1 is 1.21 bits per heavy atom. The van der Waals surface area contributed by atoms with Gasteiger partial charge in [-0.2, -0.15) is 4.98 Å². The standard InChI is InChI=1S/C21H19ClN4OS/c1-21(2)10-14-17(15(27)11-21)18(12-6-3-4-7-13(12)22)26-20(23-14)24-19(25-26)16-8-5-9-28-16/h3-9,18H,10-11H2,1-2H3,(H,23,24,25). The molecule has 0 bridgehead atoms. The quantitative estimate of drug-likeness (QED) is 0.621. The van der Waals surface area contributed by atoms with Crippen molar-refractivity contribution in [3.63, 3.8) is 0 Å². The normalized spacial score (nSPS) is 20.5. The fraction of sp³-hybridized carbons (Fsp3) is 0.286. The molecule has 0 radical (unpaired) electrons. The molecule has 1 aromatic carbocycles. The molecule has 1 aliphatic carbocycles. The van der Waals surface area contributed by atoms with E-state index in [4.69, 9.17) is 21.7 Å². The van der Waals surface area contributed by atoms with Crippen molar-refractivity contribution in [2.75, 3.05) is 5.32 Å². The van der Waals surface area contributed by atoms with Crippen LogP contribution >= 0.6 is 22.9 Å². The molecule has 0 spiro atoms. The van der Waals surface area contributed by atoms with Crippen LogP contribution in [0.4, 0.5) is 5.95 Å². The van der Waals surface area contributed by atoms with Gasteiger partial charge in [-0.15, -0.1) is 16.4 Å². The highest BCUT2D eigenvalue weighted by molar-refractivity contribution is 7.13. The Morgan fingerprint density at radius 3 is 2.79 bits per heavy atom. The largest absolute Gasteiger partial charge is 0.328 e. The number of anilines is 1. The number of ketones is 1. The highest BCUT2D eigenvalue weighted by Crippen LogP contribution is 2.46. The van der Waals surface area contributed by atoms with Crippen molar-refractivity contribution in [1.29, 1.82) is 0 Å². The zero-order valence-electron chi connectivity index (χ0n) is 15.6. The van der Waals surface area contributed by atoms with E-state index >= 15 is 0 Å². The van der Waals surface area contributed by atoms with Gasteiger partial charge in [-0.25, -0.2) is 4.68 Å². The summed E-state index contributed by atoms with van der Waals surface area (Å²) in [5, 5.41) is 10.8. The molecule has 2 aliphatic rings. The van der Waals surface area contributed by atoms with Crippen molar-refractivity contribution >= 4 is 34.7 Å². The van der Waals surface area contributed by atoms with Crippen molar-refractivity contribution < 1.29 is 4.79 Å². The van der Waals surface area contributed by atoms with Gasteiger partial charge in [0.2, 0.25) is 5.95 Å². The van der Waals surface area contributed by atoms with E-state index < -0.39 is 0 Å². The van der Waals surface area contributed by atoms with Crippen LogP contribution in [0.2, 0.25) is 5.02 Å². The Morgan fingerprint density at radius 2 is 2.04 bits per heavy atom. The Hall–Kier alpha value is -2.44. The molecule has 1 N–H and O–H groups in total. The number of nitrogens with zero attached hydrogens (tertiary/aromatic N) is 3. The predicted octanol–water partition coefficient (Wildman–Crippen LogP) is 5.32. The lowest BCUT2D eigenvalue weighted by Gasteiger charge is -2.38. The first kappa shape index (κ1) is 17.6. The van der Waals surface area contributed by atoms with Gasteiger partial charge in [-0.05, 0) is 29.3 Å². The number of allylic oxidation sites excluding steroid dienone is 2. The molecule has 7 heteroatoms. The number of nitrogens with one attached hydrogen (secondary N) is 1. The van der Waals surface area contributed by atoms with Crippen LogP contribution in [0.15, 0.2) is 53.0 Å². The first-order valence-corrected chi connectivity index (χ1v) is 10.5. The minimum atomic E-state index is -0.371. The average molecular weight is 411 g/mol. The van der Waals surface area contributed by atoms with Crippen LogP contribution < -0.4 is 5.32 Å². The van der Waals surface area contributed by atoms with E-state index in [1.165, 1.54) is 0 Å². The highest BCUT2D eigenvalue weighted by atomic mass is 35.5. The van der Waals surface area contributed by atoms with Crippen LogP contribution in [-0.2, 0) is 4.79 Å². The van der Waals surface area contributed by atoms with Crippen molar-refractivity contribution in [3.8, 4) is 10.7 Å². The van der Waals surface area contributed by atoms with Gasteiger partial charge in [0.25, 0.3) is 0 Å². The first-order valence-electron chi connectivity index (χ1n) is 9.21. The second-order valence-electron chi connectivity index (χ2n) is 8.06. The topological polar surface area (TPSA) is 59.8 Å². The molecule has 1 atom stereocenters. The summed E-state index contributed by atoms with van der Waals surface area (Å²) in [6.45, 7) is 4.24. The number of benzene rings is 1. The molecule has 142 valence electrons. The van der Waals surface area contributed by atoms with E-state index in [0.29, 0.717) is 23.2 Å². The molecule has 28 heavy (non-hydrogen) atoms. The second kappa shape index (κ2) is 6.29. The number of thiophene rings is 1. The van der Waals surface area contributed by atoms with Crippen LogP contribution in [0.25, 0.3) is 10.7 Å². The van der Waals surface area contributed by atoms with Crippen LogP contribution in [0.5, 0.6) is 0 Å². The van der Waals surface area contributed by atoms with Crippen LogP contribution in [-0.4, -0.2) is 20.5 Å². The number of carbonyl (C=O) groups is 1. The Kier molecular flexibility index (Phi) is 3.96. The molecule has 0 amide bonds. The molecule has 0 saturated heterocycles. The van der Waals surface area contributed by atoms with Gasteiger partial charge < -0.3 is 5.32 Å². The van der Waals surface area contributed by atoms with Crippen molar-refractivity contribution in [3.05, 3.63) is 63.6 Å². The molecule has 5 nitrogen and oxygen atoms in total. The molecule has 3 heterocycles. The zero-order chi connectivity index (χ0) is 19.5. The van der Waals surface area contributed by atoms with E-state index in [0.717, 1.165) is 28.1 Å². The highest BCUT2D eigenvalue weighted by Gasteiger charge is 2.42. The van der Waals surface area contributed by atoms with Crippen molar-refractivity contribution in [2.24, 2.45) is 5.41 Å². The molecule has 0 saturated carbocycles. The van der Waals surface area contributed by atoms with Crippen LogP contribution in [0.3, 0.4) is 0 Å². The minimum Gasteiger partial charge on any atom is -0.328 e. The second-order valence-corrected chi connectivity index (χ2v) is 9.42. The summed E-state index contributed by atoms with van der Waals surface area (Å²) >= 11 is 8.14. The summed E-state index contributed by atoms with van der Waals surface area (Å²) in [4.78, 5) is 18.9. The molecule has 3 aromatic rings. The minimum absolute atomic E-state index is 0.0906. The lowest BCUT2D eigenvalue weighted by Crippen LogP contribution is -2.36. The fourth-order valence-electron chi connectivity index (χ4n) is 4.10. The van der Waals surface area contributed by atoms with Gasteiger partial charge >= 0.3 is 0 Å². The number of Topliss-reactive ketones (excluding diaryl/α,β-unsaturated/α-hetero) is 1. The van der Waals surface area contributed by atoms with Crippen LogP contribution in [0.1, 0.15) is 38.3 Å². The third-order valence-electron chi connectivity index (χ3n) is 5.27. The third-order valence-corrected chi connectivity index (χ3v) is 6.48. The zero-order valence-corrected chi connectivity index (χ0v) is 17.1. The summed E-state index contributed by atoms with van der Waals surface area (Å²) in [6, 6.07) is 11.3. The van der Waals surface area contributed by atoms with E-state index in [-0.39, 0.29) is 17.2 Å². The predicted molar refractivity (Wildman–Crippen MR) is 112 cm³/mol. The summed E-state index contributed by atoms with van der Waals surface area (Å²) < 4.78 is 1.81. The lowest BCUT2D eigenvalue weighted by molar-refractivity contribution is -0.118. The third kappa shape index (κ3) is 2.79. The molecule has 1 unspecified atom stereocenters. The van der Waals surface area contributed by atoms with Gasteiger partial charge in [0, 0.05) is 28.3 Å². The van der Waals surface area contributed by atoms with Gasteiger partial charge in [0.1, 0.15) is 6.04 Å². The maximum atomic E-state index is 13.2. The van der Waals surface area contributed by atoms with E-state index in [2.05, 4.69) is 19.2 Å². The molecular weight excluding hydrogens is 392 g/mol. The monoisotopic (exact) mass is 410 g/mol. The number of aromatic nitrogens is 3. The fourth-order valence-corrected chi connectivity index (χ4v) is 5.00. The van der Waals surface area contributed by atoms with Crippen LogP contribution in [0, 0.1) is 5.41 Å². The Balaban J connectivity index is 1.72. The maximum Gasteiger partial charge on any atom is 0.226 e. The maximum absolute atomic E-state index is 13.2. The van der Waals surface area contributed by atoms with Gasteiger partial charge in [0.05, 0.1) is 4.88 Å². The number of rotatable bonds is 2. The molecule has 1 aliphatic heterocycles. The van der Waals surface area contributed by atoms with Gasteiger partial charge in [0.15, 0.2) is 11.6 Å². The van der Waals surface area contributed by atoms with Crippen molar-refractivity contribution in [2.45, 2.75) is 32.7 Å². The number of fused-ring (bicyclic) bond motifs is 1. The van der Waals surface area contributed by atoms with E-state index in [9.17, 15) is 4.79 Å². The Labute approximate surface area is 172 Å². The number of halogens is 1.